The first-order valence-corrected chi connectivity index (χ1v) is 6.41. The molecule has 1 aromatic rings. The number of benzene rings is 1. The zero-order valence-corrected chi connectivity index (χ0v) is 11.1. The third-order valence-corrected chi connectivity index (χ3v) is 2.99. The Labute approximate surface area is 109 Å². The summed E-state index contributed by atoms with van der Waals surface area (Å²) < 4.78 is 0. The SMILES string of the molecule is CCCCC(C(=O)[O-])C(C)=NCc1ccccc1. The molecule has 0 spiro atoms. The molecule has 0 radical (unpaired) electrons. The van der Waals surface area contributed by atoms with E-state index in [1.54, 1.807) is 6.92 Å². The molecule has 3 nitrogen and oxygen atoms in total. The van der Waals surface area contributed by atoms with Crippen molar-refractivity contribution in [2.24, 2.45) is 10.9 Å². The first-order chi connectivity index (χ1) is 8.65. The van der Waals surface area contributed by atoms with Gasteiger partial charge in [-0.2, -0.15) is 0 Å². The molecule has 0 heterocycles. The highest BCUT2D eigenvalue weighted by Crippen LogP contribution is 2.11. The average molecular weight is 246 g/mol. The van der Waals surface area contributed by atoms with Crippen molar-refractivity contribution in [3.05, 3.63) is 35.9 Å². The summed E-state index contributed by atoms with van der Waals surface area (Å²) in [6, 6.07) is 9.82. The molecule has 3 heteroatoms. The maximum atomic E-state index is 11.1. The van der Waals surface area contributed by atoms with Crippen molar-refractivity contribution in [3.8, 4) is 0 Å². The van der Waals surface area contributed by atoms with Crippen LogP contribution >= 0.6 is 0 Å². The fourth-order valence-corrected chi connectivity index (χ4v) is 1.82. The molecule has 1 rings (SSSR count). The molecular weight excluding hydrogens is 226 g/mol. The molecule has 0 saturated carbocycles. The van der Waals surface area contributed by atoms with E-state index < -0.39 is 11.9 Å². The summed E-state index contributed by atoms with van der Waals surface area (Å²) >= 11 is 0. The lowest BCUT2D eigenvalue weighted by atomic mass is 9.97. The molecular formula is C15H20NO2-. The topological polar surface area (TPSA) is 52.5 Å². The van der Waals surface area contributed by atoms with Crippen molar-refractivity contribution in [2.75, 3.05) is 0 Å². The van der Waals surface area contributed by atoms with E-state index in [0.717, 1.165) is 18.4 Å². The summed E-state index contributed by atoms with van der Waals surface area (Å²) in [5.41, 5.74) is 1.75. The van der Waals surface area contributed by atoms with Crippen LogP contribution in [0.1, 0.15) is 38.7 Å². The first kappa shape index (κ1) is 14.4. The third-order valence-electron chi connectivity index (χ3n) is 2.99. The second-order valence-corrected chi connectivity index (χ2v) is 4.46. The van der Waals surface area contributed by atoms with Crippen molar-refractivity contribution in [1.29, 1.82) is 0 Å². The largest absolute Gasteiger partial charge is 0.549 e. The van der Waals surface area contributed by atoms with Gasteiger partial charge >= 0.3 is 0 Å². The highest BCUT2D eigenvalue weighted by molar-refractivity contribution is 5.99. The Morgan fingerprint density at radius 3 is 2.56 bits per heavy atom. The summed E-state index contributed by atoms with van der Waals surface area (Å²) in [4.78, 5) is 15.4. The smallest absolute Gasteiger partial charge is 0.0639 e. The normalized spacial score (nSPS) is 13.3. The third kappa shape index (κ3) is 4.70. The number of carboxylic acid groups (broad SMARTS) is 1. The first-order valence-electron chi connectivity index (χ1n) is 6.41. The van der Waals surface area contributed by atoms with Crippen LogP contribution in [-0.4, -0.2) is 11.7 Å². The van der Waals surface area contributed by atoms with Crippen LogP contribution in [0.5, 0.6) is 0 Å². The second kappa shape index (κ2) is 7.64. The molecule has 0 saturated heterocycles. The van der Waals surface area contributed by atoms with Gasteiger partial charge in [0, 0.05) is 11.6 Å². The number of hydrogen-bond donors (Lipinski definition) is 0. The Hall–Kier alpha value is -1.64. The molecule has 0 N–H and O–H groups in total. The number of hydrogen-bond acceptors (Lipinski definition) is 3. The molecule has 0 amide bonds. The lowest BCUT2D eigenvalue weighted by molar-refractivity contribution is -0.309. The van der Waals surface area contributed by atoms with Crippen LogP contribution in [0.4, 0.5) is 0 Å². The molecule has 0 aliphatic carbocycles. The second-order valence-electron chi connectivity index (χ2n) is 4.46. The number of carbonyl (C=O) groups excluding carboxylic acids is 1. The van der Waals surface area contributed by atoms with E-state index in [-0.39, 0.29) is 0 Å². The summed E-state index contributed by atoms with van der Waals surface area (Å²) in [5.74, 6) is -1.56. The molecule has 98 valence electrons. The van der Waals surface area contributed by atoms with Crippen LogP contribution in [0.15, 0.2) is 35.3 Å². The summed E-state index contributed by atoms with van der Waals surface area (Å²) in [6.07, 6.45) is 2.48. The van der Waals surface area contributed by atoms with Gasteiger partial charge in [-0.3, -0.25) is 4.99 Å². The fourth-order valence-electron chi connectivity index (χ4n) is 1.82. The van der Waals surface area contributed by atoms with Gasteiger partial charge in [-0.05, 0) is 18.9 Å². The fraction of sp³-hybridized carbons (Fsp3) is 0.467. The van der Waals surface area contributed by atoms with Crippen molar-refractivity contribution >= 4 is 11.7 Å². The lowest BCUT2D eigenvalue weighted by Crippen LogP contribution is -2.35. The van der Waals surface area contributed by atoms with Gasteiger partial charge in [0.15, 0.2) is 0 Å². The predicted octanol–water partition coefficient (Wildman–Crippen LogP) is 2.20. The molecule has 0 aromatic heterocycles. The standard InChI is InChI=1S/C15H21NO2/c1-3-4-10-14(15(17)18)12(2)16-11-13-8-6-5-7-9-13/h5-9,14H,3-4,10-11H2,1-2H3,(H,17,18)/p-1. The highest BCUT2D eigenvalue weighted by atomic mass is 16.4. The van der Waals surface area contributed by atoms with E-state index in [1.807, 2.05) is 37.3 Å². The van der Waals surface area contributed by atoms with Crippen molar-refractivity contribution in [1.82, 2.24) is 0 Å². The summed E-state index contributed by atoms with van der Waals surface area (Å²) in [5, 5.41) is 11.1. The minimum atomic E-state index is -1.02. The van der Waals surface area contributed by atoms with E-state index in [1.165, 1.54) is 0 Å². The van der Waals surface area contributed by atoms with E-state index in [0.29, 0.717) is 18.7 Å². The van der Waals surface area contributed by atoms with Crippen molar-refractivity contribution in [3.63, 3.8) is 0 Å². The molecule has 0 aliphatic heterocycles. The lowest BCUT2D eigenvalue weighted by Gasteiger charge is -2.17. The van der Waals surface area contributed by atoms with Gasteiger partial charge in [-0.15, -0.1) is 0 Å². The number of rotatable bonds is 7. The van der Waals surface area contributed by atoms with Crippen molar-refractivity contribution < 1.29 is 9.90 Å². The van der Waals surface area contributed by atoms with E-state index in [9.17, 15) is 9.90 Å². The quantitative estimate of drug-likeness (QED) is 0.692. The van der Waals surface area contributed by atoms with Gasteiger partial charge in [0.25, 0.3) is 0 Å². The number of carboxylic acids is 1. The Morgan fingerprint density at radius 1 is 1.33 bits per heavy atom. The number of aliphatic carboxylic acids is 1. The highest BCUT2D eigenvalue weighted by Gasteiger charge is 2.12. The average Bonchev–Trinajstić information content (AvgIpc) is 2.37. The minimum Gasteiger partial charge on any atom is -0.549 e. The molecule has 0 aliphatic rings. The van der Waals surface area contributed by atoms with Gasteiger partial charge < -0.3 is 9.90 Å². The van der Waals surface area contributed by atoms with Gasteiger partial charge in [-0.25, -0.2) is 0 Å². The molecule has 0 fully saturated rings. The molecule has 1 unspecified atom stereocenters. The zero-order valence-electron chi connectivity index (χ0n) is 11.1. The van der Waals surface area contributed by atoms with Gasteiger partial charge in [0.1, 0.15) is 0 Å². The van der Waals surface area contributed by atoms with Crippen LogP contribution in [0.3, 0.4) is 0 Å². The van der Waals surface area contributed by atoms with E-state index in [2.05, 4.69) is 4.99 Å². The summed E-state index contributed by atoms with van der Waals surface area (Å²) in [7, 11) is 0. The number of unbranched alkanes of at least 4 members (excludes halogenated alkanes) is 1. The monoisotopic (exact) mass is 246 g/mol. The Morgan fingerprint density at radius 2 is 2.00 bits per heavy atom. The molecule has 1 atom stereocenters. The van der Waals surface area contributed by atoms with Crippen molar-refractivity contribution in [2.45, 2.75) is 39.7 Å². The van der Waals surface area contributed by atoms with Gasteiger partial charge in [-0.1, -0.05) is 50.1 Å². The Bertz CT molecular complexity index is 398. The molecule has 1 aromatic carbocycles. The van der Waals surface area contributed by atoms with E-state index >= 15 is 0 Å². The maximum Gasteiger partial charge on any atom is 0.0639 e. The Kier molecular flexibility index (Phi) is 6.12. The number of nitrogens with zero attached hydrogens (tertiary/aromatic N) is 1. The van der Waals surface area contributed by atoms with Crippen LogP contribution in [0, 0.1) is 5.92 Å². The van der Waals surface area contributed by atoms with Gasteiger partial charge in [0.05, 0.1) is 12.5 Å². The maximum absolute atomic E-state index is 11.1. The number of aliphatic imine (C=N–C) groups is 1. The zero-order chi connectivity index (χ0) is 13.4. The molecule has 0 bridgehead atoms. The van der Waals surface area contributed by atoms with Crippen LogP contribution < -0.4 is 5.11 Å². The minimum absolute atomic E-state index is 0.530. The van der Waals surface area contributed by atoms with Gasteiger partial charge in [0.2, 0.25) is 0 Å². The summed E-state index contributed by atoms with van der Waals surface area (Å²) in [6.45, 7) is 4.35. The van der Waals surface area contributed by atoms with E-state index in [4.69, 9.17) is 0 Å². The molecule has 18 heavy (non-hydrogen) atoms. The van der Waals surface area contributed by atoms with Crippen LogP contribution in [0.2, 0.25) is 0 Å². The Balaban J connectivity index is 2.64. The van der Waals surface area contributed by atoms with Crippen LogP contribution in [-0.2, 0) is 11.3 Å². The number of carbonyl (C=O) groups is 1. The van der Waals surface area contributed by atoms with Crippen LogP contribution in [0.25, 0.3) is 0 Å². The predicted molar refractivity (Wildman–Crippen MR) is 71.3 cm³/mol.